The van der Waals surface area contributed by atoms with Gasteiger partial charge in [0.05, 0.1) is 6.10 Å². The first-order valence-corrected chi connectivity index (χ1v) is 12.2. The minimum absolute atomic E-state index is 0.254. The van der Waals surface area contributed by atoms with E-state index in [1.807, 2.05) is 43.9 Å². The fourth-order valence-electron chi connectivity index (χ4n) is 2.23. The Morgan fingerprint density at radius 2 is 1.58 bits per heavy atom. The molecule has 0 aliphatic rings. The lowest BCUT2D eigenvalue weighted by molar-refractivity contribution is -0.165. The van der Waals surface area contributed by atoms with Crippen molar-refractivity contribution in [3.05, 3.63) is 34.3 Å². The molecule has 0 fully saturated rings. The molecular formula is C18H27BrO4Si. The summed E-state index contributed by atoms with van der Waals surface area (Å²) in [6.07, 6.45) is -0.642. The van der Waals surface area contributed by atoms with Crippen molar-refractivity contribution in [3.8, 4) is 0 Å². The van der Waals surface area contributed by atoms with Crippen molar-refractivity contribution < 1.29 is 18.8 Å². The molecular weight excluding hydrogens is 388 g/mol. The van der Waals surface area contributed by atoms with Crippen LogP contribution in [0.4, 0.5) is 0 Å². The molecule has 6 heteroatoms. The number of ether oxygens (including phenoxy) is 1. The van der Waals surface area contributed by atoms with Crippen LogP contribution < -0.4 is 0 Å². The number of carbonyl (C=O) groups is 2. The number of Topliss-reactive ketones (excluding diaryl/α,β-unsaturated/α-hetero) is 1. The number of benzene rings is 1. The maximum absolute atomic E-state index is 12.7. The maximum atomic E-state index is 12.7. The van der Waals surface area contributed by atoms with Crippen molar-refractivity contribution >= 4 is 36.0 Å². The third-order valence-corrected chi connectivity index (χ3v) is 4.57. The van der Waals surface area contributed by atoms with E-state index in [4.69, 9.17) is 9.16 Å². The molecule has 4 nitrogen and oxygen atoms in total. The largest absolute Gasteiger partial charge is 0.459 e. The van der Waals surface area contributed by atoms with Gasteiger partial charge in [-0.25, -0.2) is 0 Å². The number of hydrogen-bond acceptors (Lipinski definition) is 4. The third kappa shape index (κ3) is 6.87. The van der Waals surface area contributed by atoms with Crippen LogP contribution in [-0.2, 0) is 18.8 Å². The van der Waals surface area contributed by atoms with E-state index in [2.05, 4.69) is 15.9 Å². The molecule has 0 radical (unpaired) electrons. The molecule has 0 aromatic heterocycles. The van der Waals surface area contributed by atoms with Crippen molar-refractivity contribution in [1.82, 2.24) is 0 Å². The summed E-state index contributed by atoms with van der Waals surface area (Å²) in [5, 5.41) is 0. The zero-order chi connectivity index (χ0) is 18.7. The van der Waals surface area contributed by atoms with Crippen LogP contribution in [0.2, 0.25) is 19.6 Å². The van der Waals surface area contributed by atoms with Crippen LogP contribution in [0.25, 0.3) is 0 Å². The molecule has 2 unspecified atom stereocenters. The van der Waals surface area contributed by atoms with Gasteiger partial charge in [0.15, 0.2) is 8.32 Å². The van der Waals surface area contributed by atoms with E-state index in [9.17, 15) is 9.59 Å². The van der Waals surface area contributed by atoms with Crippen LogP contribution in [0.3, 0.4) is 0 Å². The van der Waals surface area contributed by atoms with Gasteiger partial charge in [0.1, 0.15) is 17.3 Å². The second kappa shape index (κ2) is 7.93. The molecule has 0 N–H and O–H groups in total. The summed E-state index contributed by atoms with van der Waals surface area (Å²) in [4.78, 5) is 24.9. The van der Waals surface area contributed by atoms with E-state index in [1.165, 1.54) is 6.92 Å². The number of ketones is 1. The van der Waals surface area contributed by atoms with E-state index < -0.39 is 31.9 Å². The third-order valence-electron chi connectivity index (χ3n) is 3.08. The highest BCUT2D eigenvalue weighted by molar-refractivity contribution is 9.10. The lowest BCUT2D eigenvalue weighted by atomic mass is 9.92. The van der Waals surface area contributed by atoms with Crippen LogP contribution in [-0.4, -0.2) is 25.7 Å². The van der Waals surface area contributed by atoms with Crippen molar-refractivity contribution in [1.29, 1.82) is 0 Å². The predicted molar refractivity (Wildman–Crippen MR) is 101 cm³/mol. The Kier molecular flexibility index (Phi) is 6.96. The second-order valence-electron chi connectivity index (χ2n) is 7.82. The predicted octanol–water partition coefficient (Wildman–Crippen LogP) is 4.89. The van der Waals surface area contributed by atoms with Crippen molar-refractivity contribution in [3.63, 3.8) is 0 Å². The zero-order valence-electron chi connectivity index (χ0n) is 15.5. The first-order valence-electron chi connectivity index (χ1n) is 7.97. The Labute approximate surface area is 154 Å². The van der Waals surface area contributed by atoms with Gasteiger partial charge < -0.3 is 9.16 Å². The molecule has 0 bridgehead atoms. The van der Waals surface area contributed by atoms with Gasteiger partial charge in [-0.05, 0) is 65.0 Å². The smallest absolute Gasteiger partial charge is 0.319 e. The average molecular weight is 415 g/mol. The van der Waals surface area contributed by atoms with Gasteiger partial charge in [-0.3, -0.25) is 9.59 Å². The highest BCUT2D eigenvalue weighted by Crippen LogP contribution is 2.33. The monoisotopic (exact) mass is 414 g/mol. The molecule has 0 saturated heterocycles. The molecule has 1 aromatic rings. The van der Waals surface area contributed by atoms with Crippen LogP contribution in [0.15, 0.2) is 28.7 Å². The van der Waals surface area contributed by atoms with Gasteiger partial charge in [0.25, 0.3) is 0 Å². The summed E-state index contributed by atoms with van der Waals surface area (Å²) in [5.41, 5.74) is 0.139. The molecule has 2 atom stereocenters. The standard InChI is InChI=1S/C18H27BrO4Si/c1-12(20)15(17(21)22-18(2,3)4)16(23-24(5,6)7)13-8-10-14(19)11-9-13/h8-11,15-16H,1-7H3. The second-order valence-corrected chi connectivity index (χ2v) is 13.2. The minimum atomic E-state index is -2.00. The molecule has 0 amide bonds. The van der Waals surface area contributed by atoms with Crippen LogP contribution >= 0.6 is 15.9 Å². The molecule has 1 rings (SSSR count). The molecule has 0 heterocycles. The van der Waals surface area contributed by atoms with Crippen LogP contribution in [0, 0.1) is 5.92 Å². The summed E-state index contributed by atoms with van der Waals surface area (Å²) >= 11 is 3.40. The van der Waals surface area contributed by atoms with Gasteiger partial charge in [-0.1, -0.05) is 28.1 Å². The number of esters is 1. The summed E-state index contributed by atoms with van der Waals surface area (Å²) in [7, 11) is -2.00. The molecule has 1 aromatic carbocycles. The van der Waals surface area contributed by atoms with E-state index >= 15 is 0 Å². The summed E-state index contributed by atoms with van der Waals surface area (Å²) in [5.74, 6) is -1.77. The number of rotatable bonds is 6. The normalized spacial score (nSPS) is 14.8. The zero-order valence-corrected chi connectivity index (χ0v) is 18.1. The van der Waals surface area contributed by atoms with E-state index in [0.717, 1.165) is 10.0 Å². The Bertz CT molecular complexity index is 585. The summed E-state index contributed by atoms with van der Waals surface area (Å²) in [6.45, 7) is 12.9. The molecule has 134 valence electrons. The van der Waals surface area contributed by atoms with Crippen molar-refractivity contribution in [2.75, 3.05) is 0 Å². The highest BCUT2D eigenvalue weighted by Gasteiger charge is 2.39. The van der Waals surface area contributed by atoms with E-state index in [0.29, 0.717) is 0 Å². The number of halogens is 1. The molecule has 24 heavy (non-hydrogen) atoms. The molecule has 0 saturated carbocycles. The quantitative estimate of drug-likeness (QED) is 0.377. The number of hydrogen-bond donors (Lipinski definition) is 0. The van der Waals surface area contributed by atoms with Gasteiger partial charge in [0, 0.05) is 4.47 Å². The lowest BCUT2D eigenvalue weighted by Gasteiger charge is -2.32. The molecule has 0 aliphatic carbocycles. The van der Waals surface area contributed by atoms with Crippen molar-refractivity contribution in [2.45, 2.75) is 59.0 Å². The van der Waals surface area contributed by atoms with Gasteiger partial charge >= 0.3 is 5.97 Å². The molecule has 0 spiro atoms. The van der Waals surface area contributed by atoms with E-state index in [-0.39, 0.29) is 5.78 Å². The summed E-state index contributed by atoms with van der Waals surface area (Å²) in [6, 6.07) is 7.49. The van der Waals surface area contributed by atoms with Gasteiger partial charge in [-0.15, -0.1) is 0 Å². The van der Waals surface area contributed by atoms with Crippen LogP contribution in [0.1, 0.15) is 39.4 Å². The topological polar surface area (TPSA) is 52.6 Å². The van der Waals surface area contributed by atoms with E-state index in [1.54, 1.807) is 20.8 Å². The first-order chi connectivity index (χ1) is 10.8. The SMILES string of the molecule is CC(=O)C(C(=O)OC(C)(C)C)C(O[Si](C)(C)C)c1ccc(Br)cc1. The average Bonchev–Trinajstić information content (AvgIpc) is 2.34. The fraction of sp³-hybridized carbons (Fsp3) is 0.556. The van der Waals surface area contributed by atoms with Crippen molar-refractivity contribution in [2.24, 2.45) is 5.92 Å². The van der Waals surface area contributed by atoms with Crippen LogP contribution in [0.5, 0.6) is 0 Å². The summed E-state index contributed by atoms with van der Waals surface area (Å²) < 4.78 is 12.6. The first kappa shape index (κ1) is 21.1. The van der Waals surface area contributed by atoms with Gasteiger partial charge in [-0.2, -0.15) is 0 Å². The highest BCUT2D eigenvalue weighted by atomic mass is 79.9. The fourth-order valence-corrected chi connectivity index (χ4v) is 3.53. The Morgan fingerprint density at radius 3 is 1.96 bits per heavy atom. The Morgan fingerprint density at radius 1 is 1.08 bits per heavy atom. The Hall–Kier alpha value is -0.983. The van der Waals surface area contributed by atoms with Gasteiger partial charge in [0.2, 0.25) is 0 Å². The minimum Gasteiger partial charge on any atom is -0.459 e. The lowest BCUT2D eigenvalue weighted by Crippen LogP contribution is -2.40. The number of carbonyl (C=O) groups excluding carboxylic acids is 2. The maximum Gasteiger partial charge on any atom is 0.319 e. The molecule has 0 aliphatic heterocycles. The Balaban J connectivity index is 3.28.